The van der Waals surface area contributed by atoms with Crippen molar-refractivity contribution >= 4 is 21.8 Å². The van der Waals surface area contributed by atoms with Crippen molar-refractivity contribution in [3.05, 3.63) is 89.7 Å². The molecular weight excluding hydrogens is 422 g/mol. The predicted molar refractivity (Wildman–Crippen MR) is 135 cm³/mol. The lowest BCUT2D eigenvalue weighted by molar-refractivity contribution is 0.518. The third-order valence-electron chi connectivity index (χ3n) is 6.33. The first-order chi connectivity index (χ1) is 16.6. The van der Waals surface area contributed by atoms with Gasteiger partial charge < -0.3 is 14.4 Å². The molecule has 0 unspecified atom stereocenters. The molecule has 0 saturated carbocycles. The molecular formula is C28H25N5O. The summed E-state index contributed by atoms with van der Waals surface area (Å²) in [5.41, 5.74) is 8.83. The van der Waals surface area contributed by atoms with E-state index in [0.717, 1.165) is 39.1 Å². The Morgan fingerprint density at radius 1 is 0.912 bits per heavy atom. The molecule has 0 saturated heterocycles. The smallest absolute Gasteiger partial charge is 0.247 e. The molecule has 2 N–H and O–H groups in total. The summed E-state index contributed by atoms with van der Waals surface area (Å²) < 4.78 is 6.09. The molecule has 0 radical (unpaired) electrons. The summed E-state index contributed by atoms with van der Waals surface area (Å²) in [6, 6.07) is 18.7. The molecule has 0 aliphatic heterocycles. The highest BCUT2D eigenvalue weighted by atomic mass is 16.4. The number of hydrogen-bond donors (Lipinski definition) is 2. The molecule has 0 amide bonds. The fourth-order valence-electron chi connectivity index (χ4n) is 4.76. The fraction of sp³-hybridized carbons (Fsp3) is 0.179. The number of fused-ring (bicyclic) bond motifs is 2. The van der Waals surface area contributed by atoms with Crippen LogP contribution < -0.4 is 0 Å². The Labute approximate surface area is 197 Å². The van der Waals surface area contributed by atoms with Gasteiger partial charge in [0.15, 0.2) is 0 Å². The van der Waals surface area contributed by atoms with Gasteiger partial charge in [0.2, 0.25) is 11.8 Å². The molecule has 6 aromatic rings. The summed E-state index contributed by atoms with van der Waals surface area (Å²) in [6.07, 6.45) is 4.46. The molecule has 6 heteroatoms. The number of nitrogens with one attached hydrogen (secondary N) is 2. The van der Waals surface area contributed by atoms with E-state index in [2.05, 4.69) is 75.4 Å². The maximum Gasteiger partial charge on any atom is 0.247 e. The molecule has 0 atom stereocenters. The molecule has 0 spiro atoms. The van der Waals surface area contributed by atoms with Gasteiger partial charge in [0, 0.05) is 51.0 Å². The zero-order valence-corrected chi connectivity index (χ0v) is 19.4. The number of rotatable bonds is 5. The number of nitrogens with zero attached hydrogens (tertiary/aromatic N) is 3. The zero-order chi connectivity index (χ0) is 23.2. The fourth-order valence-corrected chi connectivity index (χ4v) is 4.76. The van der Waals surface area contributed by atoms with Crippen molar-refractivity contribution in [2.24, 2.45) is 0 Å². The summed E-state index contributed by atoms with van der Waals surface area (Å²) in [4.78, 5) is 11.3. The predicted octanol–water partition coefficient (Wildman–Crippen LogP) is 6.78. The Morgan fingerprint density at radius 2 is 1.79 bits per heavy atom. The normalized spacial score (nSPS) is 11.8. The Morgan fingerprint density at radius 3 is 2.65 bits per heavy atom. The van der Waals surface area contributed by atoms with Crippen LogP contribution in [0.1, 0.15) is 42.5 Å². The molecule has 6 rings (SSSR count). The molecule has 6 nitrogen and oxygen atoms in total. The SMILES string of the molecule is Cc1cc(-c2[nH]c3ccc(-c4nnc(Cc5c[nH]c6ccccc56)o4)cc3c2C(C)C)ccn1. The number of para-hydroxylation sites is 1. The number of pyridine rings is 1. The maximum absolute atomic E-state index is 6.09. The molecule has 0 aliphatic rings. The van der Waals surface area contributed by atoms with Crippen LogP contribution in [0.25, 0.3) is 44.5 Å². The number of aryl methyl sites for hydroxylation is 1. The van der Waals surface area contributed by atoms with Crippen molar-refractivity contribution in [2.45, 2.75) is 33.1 Å². The quantitative estimate of drug-likeness (QED) is 0.305. The largest absolute Gasteiger partial charge is 0.420 e. The number of hydrogen-bond acceptors (Lipinski definition) is 4. The lowest BCUT2D eigenvalue weighted by atomic mass is 9.95. The number of H-pyrrole nitrogens is 2. The van der Waals surface area contributed by atoms with Gasteiger partial charge in [-0.15, -0.1) is 10.2 Å². The van der Waals surface area contributed by atoms with Crippen molar-refractivity contribution in [2.75, 3.05) is 0 Å². The number of aromatic amines is 2. The summed E-state index contributed by atoms with van der Waals surface area (Å²) in [6.45, 7) is 6.46. The summed E-state index contributed by atoms with van der Waals surface area (Å²) >= 11 is 0. The second-order valence-corrected chi connectivity index (χ2v) is 9.05. The van der Waals surface area contributed by atoms with Gasteiger partial charge in [0.25, 0.3) is 0 Å². The van der Waals surface area contributed by atoms with Crippen LogP contribution in [0.4, 0.5) is 0 Å². The highest BCUT2D eigenvalue weighted by Gasteiger charge is 2.18. The Kier molecular flexibility index (Phi) is 4.80. The zero-order valence-electron chi connectivity index (χ0n) is 19.4. The van der Waals surface area contributed by atoms with Gasteiger partial charge in [-0.25, -0.2) is 0 Å². The van der Waals surface area contributed by atoms with Crippen LogP contribution in [0.2, 0.25) is 0 Å². The van der Waals surface area contributed by atoms with Crippen molar-refractivity contribution in [1.82, 2.24) is 25.1 Å². The standard InChI is InChI=1S/C28H25N5O/c1-16(2)26-22-13-19(8-9-24(22)31-27(26)18-10-11-29-17(3)12-18)28-33-32-25(34-28)14-20-15-30-23-7-5-4-6-21(20)23/h4-13,15-16,30-31H,14H2,1-3H3. The van der Waals surface area contributed by atoms with E-state index in [1.165, 1.54) is 16.3 Å². The molecule has 4 heterocycles. The molecule has 2 aromatic carbocycles. The van der Waals surface area contributed by atoms with Crippen molar-refractivity contribution < 1.29 is 4.42 Å². The highest BCUT2D eigenvalue weighted by molar-refractivity contribution is 5.93. The van der Waals surface area contributed by atoms with Crippen molar-refractivity contribution in [1.29, 1.82) is 0 Å². The van der Waals surface area contributed by atoms with Gasteiger partial charge in [0.05, 0.1) is 12.1 Å². The van der Waals surface area contributed by atoms with E-state index in [4.69, 9.17) is 4.42 Å². The molecule has 0 aliphatic carbocycles. The lowest BCUT2D eigenvalue weighted by Crippen LogP contribution is -1.91. The van der Waals surface area contributed by atoms with Gasteiger partial charge in [-0.2, -0.15) is 0 Å². The Hall–Kier alpha value is -4.19. The van der Waals surface area contributed by atoms with Crippen molar-refractivity contribution in [3.63, 3.8) is 0 Å². The third-order valence-corrected chi connectivity index (χ3v) is 6.33. The van der Waals surface area contributed by atoms with Crippen LogP contribution in [0.5, 0.6) is 0 Å². The van der Waals surface area contributed by atoms with Crippen LogP contribution in [-0.4, -0.2) is 25.1 Å². The minimum atomic E-state index is 0.340. The van der Waals surface area contributed by atoms with E-state index in [1.807, 2.05) is 37.5 Å². The van der Waals surface area contributed by atoms with Crippen molar-refractivity contribution in [3.8, 4) is 22.7 Å². The second-order valence-electron chi connectivity index (χ2n) is 9.05. The number of benzene rings is 2. The first-order valence-electron chi connectivity index (χ1n) is 11.5. The van der Waals surface area contributed by atoms with Gasteiger partial charge in [-0.1, -0.05) is 32.0 Å². The molecule has 4 aromatic heterocycles. The first kappa shape index (κ1) is 20.4. The Balaban J connectivity index is 1.38. The lowest BCUT2D eigenvalue weighted by Gasteiger charge is -2.09. The van der Waals surface area contributed by atoms with Gasteiger partial charge >= 0.3 is 0 Å². The monoisotopic (exact) mass is 447 g/mol. The second kappa shape index (κ2) is 7.99. The minimum absolute atomic E-state index is 0.340. The maximum atomic E-state index is 6.09. The molecule has 0 bridgehead atoms. The van der Waals surface area contributed by atoms with Crippen LogP contribution in [0.15, 0.2) is 71.4 Å². The van der Waals surface area contributed by atoms with E-state index in [-0.39, 0.29) is 0 Å². The van der Waals surface area contributed by atoms with Crippen LogP contribution in [0.3, 0.4) is 0 Å². The van der Waals surface area contributed by atoms with E-state index in [9.17, 15) is 0 Å². The molecule has 34 heavy (non-hydrogen) atoms. The van der Waals surface area contributed by atoms with Crippen LogP contribution in [0, 0.1) is 6.92 Å². The molecule has 0 fully saturated rings. The van der Waals surface area contributed by atoms with E-state index >= 15 is 0 Å². The van der Waals surface area contributed by atoms with Crippen LogP contribution >= 0.6 is 0 Å². The average molecular weight is 448 g/mol. The van der Waals surface area contributed by atoms with E-state index < -0.39 is 0 Å². The topological polar surface area (TPSA) is 83.4 Å². The van der Waals surface area contributed by atoms with E-state index in [0.29, 0.717) is 24.1 Å². The number of aromatic nitrogens is 5. The average Bonchev–Trinajstić information content (AvgIpc) is 3.56. The summed E-state index contributed by atoms with van der Waals surface area (Å²) in [7, 11) is 0. The summed E-state index contributed by atoms with van der Waals surface area (Å²) in [5.74, 6) is 1.48. The Bertz CT molecular complexity index is 1640. The molecule has 168 valence electrons. The van der Waals surface area contributed by atoms with Crippen LogP contribution in [-0.2, 0) is 6.42 Å². The highest BCUT2D eigenvalue weighted by Crippen LogP contribution is 2.37. The van der Waals surface area contributed by atoms with Gasteiger partial charge in [-0.05, 0) is 60.4 Å². The third kappa shape index (κ3) is 3.48. The minimum Gasteiger partial charge on any atom is -0.420 e. The van der Waals surface area contributed by atoms with Gasteiger partial charge in [-0.3, -0.25) is 4.98 Å². The van der Waals surface area contributed by atoms with E-state index in [1.54, 1.807) is 0 Å². The first-order valence-corrected chi connectivity index (χ1v) is 11.5. The summed E-state index contributed by atoms with van der Waals surface area (Å²) in [5, 5.41) is 11.0. The van der Waals surface area contributed by atoms with Gasteiger partial charge in [0.1, 0.15) is 0 Å².